The summed E-state index contributed by atoms with van der Waals surface area (Å²) in [5.74, 6) is -1.16. The van der Waals surface area contributed by atoms with E-state index in [1.807, 2.05) is 42.5 Å². The summed E-state index contributed by atoms with van der Waals surface area (Å²) in [6, 6.07) is 13.4. The lowest BCUT2D eigenvalue weighted by molar-refractivity contribution is -0.144. The van der Waals surface area contributed by atoms with Gasteiger partial charge in [-0.05, 0) is 24.6 Å². The summed E-state index contributed by atoms with van der Waals surface area (Å²) in [6.45, 7) is 1.88. The Bertz CT molecular complexity index is 726. The minimum atomic E-state index is -0.740. The zero-order valence-corrected chi connectivity index (χ0v) is 12.8. The maximum Gasteiger partial charge on any atom is 0.307 e. The molecule has 1 fully saturated rings. The van der Waals surface area contributed by atoms with Gasteiger partial charge in [-0.15, -0.1) is 0 Å². The molecule has 0 saturated carbocycles. The maximum atomic E-state index is 11.8. The van der Waals surface area contributed by atoms with Crippen molar-refractivity contribution in [3.05, 3.63) is 70.1 Å². The summed E-state index contributed by atoms with van der Waals surface area (Å²) >= 11 is 0. The molecule has 2 unspecified atom stereocenters. The molecule has 0 bridgehead atoms. The molecule has 1 aliphatic rings. The minimum absolute atomic E-state index is 0.0507. The van der Waals surface area contributed by atoms with Gasteiger partial charge in [0.2, 0.25) is 0 Å². The molecule has 0 aliphatic carbocycles. The molecule has 0 spiro atoms. The van der Waals surface area contributed by atoms with Crippen LogP contribution in [0.1, 0.15) is 23.5 Å². The molecule has 1 aliphatic heterocycles. The number of carboxylic acids is 1. The number of piperidine rings is 1. The zero-order chi connectivity index (χ0) is 16.2. The van der Waals surface area contributed by atoms with Crippen molar-refractivity contribution in [2.45, 2.75) is 18.9 Å². The second-order valence-electron chi connectivity index (χ2n) is 6.01. The first-order valence-electron chi connectivity index (χ1n) is 7.82. The number of nitrogens with one attached hydrogen (secondary N) is 1. The average molecular weight is 312 g/mol. The normalized spacial score (nSPS) is 21.9. The van der Waals surface area contributed by atoms with E-state index in [4.69, 9.17) is 0 Å². The quantitative estimate of drug-likeness (QED) is 0.906. The summed E-state index contributed by atoms with van der Waals surface area (Å²) in [5.41, 5.74) is 1.68. The van der Waals surface area contributed by atoms with Gasteiger partial charge in [-0.2, -0.15) is 0 Å². The molecule has 2 N–H and O–H groups in total. The summed E-state index contributed by atoms with van der Waals surface area (Å²) < 4.78 is 0. The van der Waals surface area contributed by atoms with E-state index in [1.165, 1.54) is 0 Å². The highest BCUT2D eigenvalue weighted by atomic mass is 16.4. The van der Waals surface area contributed by atoms with Gasteiger partial charge in [0.05, 0.1) is 5.92 Å². The topological polar surface area (TPSA) is 73.4 Å². The van der Waals surface area contributed by atoms with E-state index in [0.717, 1.165) is 5.56 Å². The predicted molar refractivity (Wildman–Crippen MR) is 87.3 cm³/mol. The van der Waals surface area contributed by atoms with E-state index in [0.29, 0.717) is 31.6 Å². The van der Waals surface area contributed by atoms with Crippen LogP contribution in [0.25, 0.3) is 0 Å². The molecule has 2 aromatic rings. The van der Waals surface area contributed by atoms with Crippen LogP contribution in [-0.4, -0.2) is 34.0 Å². The van der Waals surface area contributed by atoms with Gasteiger partial charge in [-0.25, -0.2) is 0 Å². The first-order chi connectivity index (χ1) is 11.1. The number of rotatable bonds is 4. The number of carbonyl (C=O) groups is 1. The van der Waals surface area contributed by atoms with Crippen molar-refractivity contribution < 1.29 is 9.90 Å². The number of likely N-dealkylation sites (tertiary alicyclic amines) is 1. The molecule has 0 amide bonds. The highest BCUT2D eigenvalue weighted by Gasteiger charge is 2.35. The van der Waals surface area contributed by atoms with Gasteiger partial charge in [0.1, 0.15) is 0 Å². The lowest BCUT2D eigenvalue weighted by Crippen LogP contribution is -2.42. The number of nitrogens with zero attached hydrogens (tertiary/aromatic N) is 1. The molecule has 5 heteroatoms. The van der Waals surface area contributed by atoms with E-state index in [1.54, 1.807) is 6.20 Å². The van der Waals surface area contributed by atoms with Crippen molar-refractivity contribution in [1.82, 2.24) is 9.88 Å². The lowest BCUT2D eigenvalue weighted by Gasteiger charge is -2.37. The van der Waals surface area contributed by atoms with Crippen LogP contribution in [-0.2, 0) is 11.3 Å². The Morgan fingerprint density at radius 1 is 1.22 bits per heavy atom. The van der Waals surface area contributed by atoms with Crippen LogP contribution in [0.3, 0.4) is 0 Å². The van der Waals surface area contributed by atoms with Crippen molar-refractivity contribution in [3.8, 4) is 0 Å². The van der Waals surface area contributed by atoms with Crippen molar-refractivity contribution in [2.24, 2.45) is 5.92 Å². The molecule has 5 nitrogen and oxygen atoms in total. The van der Waals surface area contributed by atoms with Gasteiger partial charge >= 0.3 is 5.97 Å². The number of benzene rings is 1. The SMILES string of the molecule is O=C(O)C1CCN(Cc2ccc[nH]c2=O)CC1c1ccccc1. The molecular weight excluding hydrogens is 292 g/mol. The Balaban J connectivity index is 1.80. The average Bonchev–Trinajstić information content (AvgIpc) is 2.57. The monoisotopic (exact) mass is 312 g/mol. The van der Waals surface area contributed by atoms with Crippen molar-refractivity contribution >= 4 is 5.97 Å². The van der Waals surface area contributed by atoms with E-state index in [9.17, 15) is 14.7 Å². The molecule has 0 radical (unpaired) electrons. The van der Waals surface area contributed by atoms with Gasteiger partial charge in [0, 0.05) is 30.8 Å². The minimum Gasteiger partial charge on any atom is -0.481 e. The summed E-state index contributed by atoms with van der Waals surface area (Å²) in [4.78, 5) is 28.3. The van der Waals surface area contributed by atoms with E-state index < -0.39 is 5.97 Å². The second-order valence-corrected chi connectivity index (χ2v) is 6.01. The number of hydrogen-bond acceptors (Lipinski definition) is 3. The molecule has 23 heavy (non-hydrogen) atoms. The Hall–Kier alpha value is -2.40. The van der Waals surface area contributed by atoms with E-state index in [2.05, 4.69) is 9.88 Å². The molecule has 120 valence electrons. The number of carboxylic acid groups (broad SMARTS) is 1. The van der Waals surface area contributed by atoms with Crippen LogP contribution in [0.4, 0.5) is 0 Å². The number of hydrogen-bond donors (Lipinski definition) is 2. The number of aromatic nitrogens is 1. The largest absolute Gasteiger partial charge is 0.481 e. The Kier molecular flexibility index (Phi) is 4.57. The Labute approximate surface area is 134 Å². The second kappa shape index (κ2) is 6.79. The standard InChI is InChI=1S/C18H20N2O3/c21-17-14(7-4-9-19-17)11-20-10-8-15(18(22)23)16(12-20)13-5-2-1-3-6-13/h1-7,9,15-16H,8,10-12H2,(H,19,21)(H,22,23). The molecular formula is C18H20N2O3. The molecule has 2 heterocycles. The Morgan fingerprint density at radius 2 is 2.00 bits per heavy atom. The maximum absolute atomic E-state index is 11.8. The highest BCUT2D eigenvalue weighted by molar-refractivity contribution is 5.71. The Morgan fingerprint density at radius 3 is 2.70 bits per heavy atom. The van der Waals surface area contributed by atoms with Crippen molar-refractivity contribution in [2.75, 3.05) is 13.1 Å². The van der Waals surface area contributed by atoms with Crippen LogP contribution in [0, 0.1) is 5.92 Å². The number of H-pyrrole nitrogens is 1. The summed E-state index contributed by atoms with van der Waals surface area (Å²) in [7, 11) is 0. The molecule has 1 saturated heterocycles. The van der Waals surface area contributed by atoms with E-state index >= 15 is 0 Å². The van der Waals surface area contributed by atoms with Gasteiger partial charge in [0.15, 0.2) is 0 Å². The number of aliphatic carboxylic acids is 1. The fraction of sp³-hybridized carbons (Fsp3) is 0.333. The van der Waals surface area contributed by atoms with Crippen molar-refractivity contribution in [1.29, 1.82) is 0 Å². The van der Waals surface area contributed by atoms with Gasteiger partial charge in [-0.3, -0.25) is 14.5 Å². The summed E-state index contributed by atoms with van der Waals surface area (Å²) in [6.07, 6.45) is 2.22. The third-order valence-electron chi connectivity index (χ3n) is 4.54. The number of pyridine rings is 1. The molecule has 1 aromatic carbocycles. The van der Waals surface area contributed by atoms with Gasteiger partial charge in [0.25, 0.3) is 5.56 Å². The van der Waals surface area contributed by atoms with Crippen LogP contribution >= 0.6 is 0 Å². The lowest BCUT2D eigenvalue weighted by atomic mass is 9.80. The van der Waals surface area contributed by atoms with Crippen molar-refractivity contribution in [3.63, 3.8) is 0 Å². The first kappa shape index (κ1) is 15.5. The first-order valence-corrected chi connectivity index (χ1v) is 7.82. The van der Waals surface area contributed by atoms with Gasteiger partial charge in [-0.1, -0.05) is 36.4 Å². The fourth-order valence-electron chi connectivity index (χ4n) is 3.32. The summed E-state index contributed by atoms with van der Waals surface area (Å²) in [5, 5.41) is 9.52. The van der Waals surface area contributed by atoms with Gasteiger partial charge < -0.3 is 10.1 Å². The molecule has 3 rings (SSSR count). The number of aromatic amines is 1. The molecule has 1 aromatic heterocycles. The molecule has 2 atom stereocenters. The highest BCUT2D eigenvalue weighted by Crippen LogP contribution is 2.33. The zero-order valence-electron chi connectivity index (χ0n) is 12.8. The van der Waals surface area contributed by atoms with Crippen LogP contribution in [0.5, 0.6) is 0 Å². The third-order valence-corrected chi connectivity index (χ3v) is 4.54. The van der Waals surface area contributed by atoms with Crippen LogP contribution < -0.4 is 5.56 Å². The van der Waals surface area contributed by atoms with Crippen LogP contribution in [0.2, 0.25) is 0 Å². The van der Waals surface area contributed by atoms with E-state index in [-0.39, 0.29) is 17.4 Å². The smallest absolute Gasteiger partial charge is 0.307 e. The van der Waals surface area contributed by atoms with Crippen LogP contribution in [0.15, 0.2) is 53.5 Å². The predicted octanol–water partition coefficient (Wildman–Crippen LogP) is 2.07. The third kappa shape index (κ3) is 3.51. The fourth-order valence-corrected chi connectivity index (χ4v) is 3.32.